The van der Waals surface area contributed by atoms with Crippen LogP contribution in [0.25, 0.3) is 10.9 Å². The lowest BCUT2D eigenvalue weighted by atomic mass is 10.1. The number of aromatic amines is 1. The summed E-state index contributed by atoms with van der Waals surface area (Å²) in [5.41, 5.74) is 1.59. The highest BCUT2D eigenvalue weighted by Gasteiger charge is 2.19. The van der Waals surface area contributed by atoms with Crippen molar-refractivity contribution in [3.8, 4) is 0 Å². The molecule has 0 aliphatic heterocycles. The van der Waals surface area contributed by atoms with Crippen LogP contribution in [0.1, 0.15) is 25.9 Å². The normalized spacial score (nSPS) is 10.8. The van der Waals surface area contributed by atoms with E-state index in [1.165, 1.54) is 5.38 Å². The maximum absolute atomic E-state index is 12.5. The zero-order valence-corrected chi connectivity index (χ0v) is 12.3. The Balaban J connectivity index is 1.87. The number of carbonyl (C=O) groups excluding carboxylic acids is 2. The van der Waals surface area contributed by atoms with Gasteiger partial charge < -0.3 is 15.4 Å². The van der Waals surface area contributed by atoms with E-state index in [-0.39, 0.29) is 29.6 Å². The third kappa shape index (κ3) is 2.63. The fraction of sp³-hybridized carbons (Fsp3) is 0.133. The molecule has 2 heterocycles. The van der Waals surface area contributed by atoms with Crippen molar-refractivity contribution in [2.45, 2.75) is 0 Å². The summed E-state index contributed by atoms with van der Waals surface area (Å²) in [7, 11) is 0. The number of amides is 1. The number of aliphatic hydroxyl groups is 1. The van der Waals surface area contributed by atoms with Crippen molar-refractivity contribution >= 4 is 33.9 Å². The Labute approximate surface area is 129 Å². The smallest absolute Gasteiger partial charge is 0.270 e. The number of aromatic nitrogens is 2. The van der Waals surface area contributed by atoms with Crippen molar-refractivity contribution in [3.63, 3.8) is 0 Å². The molecule has 0 saturated heterocycles. The lowest BCUT2D eigenvalue weighted by Gasteiger charge is -1.98. The number of para-hydroxylation sites is 1. The van der Waals surface area contributed by atoms with E-state index in [0.29, 0.717) is 5.56 Å². The first-order chi connectivity index (χ1) is 10.7. The second kappa shape index (κ2) is 6.08. The molecule has 0 unspecified atom stereocenters. The molecule has 3 aromatic rings. The summed E-state index contributed by atoms with van der Waals surface area (Å²) in [6.45, 7) is 0.0130. The zero-order valence-electron chi connectivity index (χ0n) is 11.5. The number of nitrogens with one attached hydrogen (secondary N) is 2. The topological polar surface area (TPSA) is 95.1 Å². The van der Waals surface area contributed by atoms with Crippen LogP contribution in [0.5, 0.6) is 0 Å². The van der Waals surface area contributed by atoms with Gasteiger partial charge in [-0.15, -0.1) is 11.3 Å². The minimum atomic E-state index is -0.400. The average molecular weight is 315 g/mol. The predicted octanol–water partition coefficient (Wildman–Crippen LogP) is 1.58. The summed E-state index contributed by atoms with van der Waals surface area (Å²) >= 11 is 1.13. The highest BCUT2D eigenvalue weighted by Crippen LogP contribution is 2.22. The number of benzene rings is 1. The summed E-state index contributed by atoms with van der Waals surface area (Å²) in [4.78, 5) is 31.4. The lowest BCUT2D eigenvalue weighted by molar-refractivity contribution is 0.0940. The van der Waals surface area contributed by atoms with Gasteiger partial charge >= 0.3 is 0 Å². The van der Waals surface area contributed by atoms with Gasteiger partial charge in [-0.05, 0) is 6.07 Å². The number of ketones is 1. The SMILES string of the molecule is O=C(NCCO)c1csc(C(=O)c2c[nH]c3ccccc23)n1. The van der Waals surface area contributed by atoms with E-state index in [0.717, 1.165) is 22.2 Å². The van der Waals surface area contributed by atoms with E-state index in [4.69, 9.17) is 5.11 Å². The molecule has 3 rings (SSSR count). The Kier molecular flexibility index (Phi) is 3.99. The lowest BCUT2D eigenvalue weighted by Crippen LogP contribution is -2.26. The molecule has 112 valence electrons. The van der Waals surface area contributed by atoms with Crippen molar-refractivity contribution in [2.24, 2.45) is 0 Å². The van der Waals surface area contributed by atoms with E-state index in [1.54, 1.807) is 6.20 Å². The van der Waals surface area contributed by atoms with Crippen LogP contribution in [0.4, 0.5) is 0 Å². The van der Waals surface area contributed by atoms with Crippen LogP contribution in [0.2, 0.25) is 0 Å². The predicted molar refractivity (Wildman–Crippen MR) is 83.3 cm³/mol. The second-order valence-electron chi connectivity index (χ2n) is 4.59. The van der Waals surface area contributed by atoms with Crippen LogP contribution >= 0.6 is 11.3 Å². The first-order valence-electron chi connectivity index (χ1n) is 6.66. The summed E-state index contributed by atoms with van der Waals surface area (Å²) < 4.78 is 0. The Morgan fingerprint density at radius 1 is 1.32 bits per heavy atom. The number of thiazole rings is 1. The molecule has 0 aliphatic rings. The van der Waals surface area contributed by atoms with Crippen molar-refractivity contribution < 1.29 is 14.7 Å². The molecular formula is C15H13N3O3S. The molecule has 0 fully saturated rings. The highest BCUT2D eigenvalue weighted by molar-refractivity contribution is 7.12. The number of fused-ring (bicyclic) bond motifs is 1. The number of nitrogens with zero attached hydrogens (tertiary/aromatic N) is 1. The van der Waals surface area contributed by atoms with Gasteiger partial charge in [0.1, 0.15) is 5.69 Å². The maximum Gasteiger partial charge on any atom is 0.270 e. The third-order valence-electron chi connectivity index (χ3n) is 3.16. The van der Waals surface area contributed by atoms with Crippen molar-refractivity contribution in [3.05, 3.63) is 52.1 Å². The number of rotatable bonds is 5. The van der Waals surface area contributed by atoms with Gasteiger partial charge in [-0.25, -0.2) is 4.98 Å². The summed E-state index contributed by atoms with van der Waals surface area (Å²) in [6, 6.07) is 7.51. The molecule has 0 bridgehead atoms. The van der Waals surface area contributed by atoms with E-state index in [1.807, 2.05) is 24.3 Å². The van der Waals surface area contributed by atoms with Gasteiger partial charge in [-0.3, -0.25) is 9.59 Å². The summed E-state index contributed by atoms with van der Waals surface area (Å²) in [5, 5.41) is 13.8. The Morgan fingerprint density at radius 2 is 2.14 bits per heavy atom. The average Bonchev–Trinajstić information content (AvgIpc) is 3.19. The molecule has 1 amide bonds. The fourth-order valence-corrected chi connectivity index (χ4v) is 2.87. The highest BCUT2D eigenvalue weighted by atomic mass is 32.1. The van der Waals surface area contributed by atoms with Gasteiger partial charge in [0.2, 0.25) is 5.78 Å². The van der Waals surface area contributed by atoms with Crippen LogP contribution < -0.4 is 5.32 Å². The van der Waals surface area contributed by atoms with Crippen LogP contribution in [0.3, 0.4) is 0 Å². The number of H-pyrrole nitrogens is 1. The Bertz CT molecular complexity index is 837. The summed E-state index contributed by atoms with van der Waals surface area (Å²) in [5.74, 6) is -0.619. The van der Waals surface area contributed by atoms with Gasteiger partial charge in [0.15, 0.2) is 5.01 Å². The second-order valence-corrected chi connectivity index (χ2v) is 5.45. The van der Waals surface area contributed by atoms with E-state index < -0.39 is 5.91 Å². The fourth-order valence-electron chi connectivity index (χ4n) is 2.12. The molecule has 6 nitrogen and oxygen atoms in total. The standard InChI is InChI=1S/C15H13N3O3S/c19-6-5-16-14(21)12-8-22-15(18-12)13(20)10-7-17-11-4-2-1-3-9(10)11/h1-4,7-8,17,19H,5-6H2,(H,16,21). The molecule has 0 atom stereocenters. The zero-order chi connectivity index (χ0) is 15.5. The largest absolute Gasteiger partial charge is 0.395 e. The van der Waals surface area contributed by atoms with Gasteiger partial charge in [-0.1, -0.05) is 18.2 Å². The maximum atomic E-state index is 12.5. The molecule has 7 heteroatoms. The van der Waals surface area contributed by atoms with Crippen LogP contribution in [-0.2, 0) is 0 Å². The van der Waals surface area contributed by atoms with E-state index in [2.05, 4.69) is 15.3 Å². The van der Waals surface area contributed by atoms with Gasteiger partial charge in [-0.2, -0.15) is 0 Å². The number of carbonyl (C=O) groups is 2. The Morgan fingerprint density at radius 3 is 2.95 bits per heavy atom. The quantitative estimate of drug-likeness (QED) is 0.623. The monoisotopic (exact) mass is 315 g/mol. The minimum Gasteiger partial charge on any atom is -0.395 e. The van der Waals surface area contributed by atoms with Gasteiger partial charge in [0.25, 0.3) is 5.91 Å². The molecule has 3 N–H and O–H groups in total. The van der Waals surface area contributed by atoms with Gasteiger partial charge in [0, 0.05) is 29.0 Å². The summed E-state index contributed by atoms with van der Waals surface area (Å²) in [6.07, 6.45) is 1.65. The van der Waals surface area contributed by atoms with E-state index >= 15 is 0 Å². The molecule has 22 heavy (non-hydrogen) atoms. The molecular weight excluding hydrogens is 302 g/mol. The molecule has 1 aromatic carbocycles. The first-order valence-corrected chi connectivity index (χ1v) is 7.54. The van der Waals surface area contributed by atoms with Crippen molar-refractivity contribution in [2.75, 3.05) is 13.2 Å². The van der Waals surface area contributed by atoms with Crippen LogP contribution in [0.15, 0.2) is 35.8 Å². The molecule has 2 aromatic heterocycles. The molecule has 0 saturated carbocycles. The van der Waals surface area contributed by atoms with Crippen molar-refractivity contribution in [1.82, 2.24) is 15.3 Å². The Hall–Kier alpha value is -2.51. The van der Waals surface area contributed by atoms with Crippen molar-refractivity contribution in [1.29, 1.82) is 0 Å². The number of hydrogen-bond donors (Lipinski definition) is 3. The van der Waals surface area contributed by atoms with Gasteiger partial charge in [0.05, 0.1) is 12.2 Å². The molecule has 0 spiro atoms. The third-order valence-corrected chi connectivity index (χ3v) is 4.00. The minimum absolute atomic E-state index is 0.142. The van der Waals surface area contributed by atoms with Crippen LogP contribution in [0, 0.1) is 0 Å². The number of aliphatic hydroxyl groups excluding tert-OH is 1. The molecule has 0 radical (unpaired) electrons. The first kappa shape index (κ1) is 14.4. The molecule has 0 aliphatic carbocycles. The van der Waals surface area contributed by atoms with Crippen LogP contribution in [-0.4, -0.2) is 39.9 Å². The number of hydrogen-bond acceptors (Lipinski definition) is 5. The van der Waals surface area contributed by atoms with E-state index in [9.17, 15) is 9.59 Å².